The maximum absolute atomic E-state index is 11.5. The quantitative estimate of drug-likeness (QED) is 0.750. The minimum absolute atomic E-state index is 0.0528. The molecule has 4 nitrogen and oxygen atoms in total. The predicted molar refractivity (Wildman–Crippen MR) is 75.6 cm³/mol. The topological polar surface area (TPSA) is 44.4 Å². The summed E-state index contributed by atoms with van der Waals surface area (Å²) >= 11 is 0. The van der Waals surface area contributed by atoms with Gasteiger partial charge in [0.25, 0.3) is 0 Å². The van der Waals surface area contributed by atoms with Crippen molar-refractivity contribution >= 4 is 5.91 Å². The minimum atomic E-state index is 0.0528. The molecule has 0 aromatic heterocycles. The molecule has 0 spiro atoms. The van der Waals surface area contributed by atoms with Crippen LogP contribution in [0, 0.1) is 5.92 Å². The molecule has 1 rings (SSSR count). The van der Waals surface area contributed by atoms with Crippen molar-refractivity contribution in [3.05, 3.63) is 0 Å². The molecular formula is C14H29N3O. The van der Waals surface area contributed by atoms with Crippen molar-refractivity contribution in [3.8, 4) is 0 Å². The van der Waals surface area contributed by atoms with Gasteiger partial charge in [0.05, 0.1) is 6.54 Å². The summed E-state index contributed by atoms with van der Waals surface area (Å²) < 4.78 is 0. The van der Waals surface area contributed by atoms with Crippen molar-refractivity contribution in [1.29, 1.82) is 0 Å². The van der Waals surface area contributed by atoms with Crippen molar-refractivity contribution in [2.75, 3.05) is 33.2 Å². The van der Waals surface area contributed by atoms with Gasteiger partial charge in [-0.3, -0.25) is 9.69 Å². The summed E-state index contributed by atoms with van der Waals surface area (Å²) in [6.45, 7) is 10.2. The van der Waals surface area contributed by atoms with E-state index < -0.39 is 0 Å². The third-order valence-electron chi connectivity index (χ3n) is 4.01. The van der Waals surface area contributed by atoms with E-state index in [1.54, 1.807) is 7.05 Å². The van der Waals surface area contributed by atoms with Gasteiger partial charge in [0, 0.05) is 18.6 Å². The average Bonchev–Trinajstić information content (AvgIpc) is 2.37. The number of hydrogen-bond donors (Lipinski definition) is 2. The molecule has 0 bridgehead atoms. The minimum Gasteiger partial charge on any atom is -0.353 e. The van der Waals surface area contributed by atoms with E-state index in [9.17, 15) is 4.79 Å². The number of likely N-dealkylation sites (N-methyl/N-ethyl adjacent to an activating group) is 1. The predicted octanol–water partition coefficient (Wildman–Crippen LogP) is 1.22. The van der Waals surface area contributed by atoms with E-state index in [1.807, 2.05) is 0 Å². The van der Waals surface area contributed by atoms with Crippen LogP contribution in [0.1, 0.15) is 40.0 Å². The van der Waals surface area contributed by atoms with Gasteiger partial charge in [0.2, 0.25) is 5.91 Å². The molecule has 0 aromatic rings. The fourth-order valence-corrected chi connectivity index (χ4v) is 2.60. The molecular weight excluding hydrogens is 226 g/mol. The zero-order chi connectivity index (χ0) is 13.6. The van der Waals surface area contributed by atoms with Crippen molar-refractivity contribution in [2.45, 2.75) is 45.6 Å². The molecule has 4 heteroatoms. The summed E-state index contributed by atoms with van der Waals surface area (Å²) in [5, 5.41) is 5.88. The third kappa shape index (κ3) is 4.58. The normalized spacial score (nSPS) is 21.9. The Labute approximate surface area is 111 Å². The molecule has 1 unspecified atom stereocenters. The molecule has 0 radical (unpaired) electrons. The summed E-state index contributed by atoms with van der Waals surface area (Å²) in [5.41, 5.74) is 0.0528. The fourth-order valence-electron chi connectivity index (χ4n) is 2.60. The van der Waals surface area contributed by atoms with E-state index >= 15 is 0 Å². The van der Waals surface area contributed by atoms with Gasteiger partial charge >= 0.3 is 0 Å². The average molecular weight is 255 g/mol. The zero-order valence-electron chi connectivity index (χ0n) is 12.4. The number of rotatable bonds is 6. The monoisotopic (exact) mass is 255 g/mol. The first kappa shape index (κ1) is 15.4. The summed E-state index contributed by atoms with van der Waals surface area (Å²) in [6, 6.07) is 0. The molecule has 1 saturated heterocycles. The van der Waals surface area contributed by atoms with Crippen molar-refractivity contribution in [2.24, 2.45) is 5.92 Å². The second-order valence-electron chi connectivity index (χ2n) is 5.98. The number of nitrogens with zero attached hydrogens (tertiary/aromatic N) is 1. The molecule has 0 aliphatic carbocycles. The Morgan fingerprint density at radius 2 is 2.17 bits per heavy atom. The molecule has 2 N–H and O–H groups in total. The summed E-state index contributed by atoms with van der Waals surface area (Å²) in [6.07, 6.45) is 3.90. The number of piperidine rings is 1. The number of carbonyl (C=O) groups is 1. The maximum atomic E-state index is 11.5. The molecule has 1 atom stereocenters. The van der Waals surface area contributed by atoms with Crippen LogP contribution in [0.3, 0.4) is 0 Å². The molecule has 1 amide bonds. The smallest absolute Gasteiger partial charge is 0.234 e. The second kappa shape index (κ2) is 7.10. The SMILES string of the molecule is CCC1CCCN(C(C)(C)CNC(=O)CNC)C1. The summed E-state index contributed by atoms with van der Waals surface area (Å²) in [5.74, 6) is 0.903. The van der Waals surface area contributed by atoms with Crippen LogP contribution in [-0.2, 0) is 4.79 Å². The lowest BCUT2D eigenvalue weighted by Crippen LogP contribution is -2.55. The van der Waals surface area contributed by atoms with Crippen LogP contribution in [-0.4, -0.2) is 49.6 Å². The van der Waals surface area contributed by atoms with Crippen LogP contribution in [0.15, 0.2) is 0 Å². The Morgan fingerprint density at radius 3 is 2.78 bits per heavy atom. The number of nitrogens with one attached hydrogen (secondary N) is 2. The Hall–Kier alpha value is -0.610. The number of carbonyl (C=O) groups excluding carboxylic acids is 1. The lowest BCUT2D eigenvalue weighted by molar-refractivity contribution is -0.120. The van der Waals surface area contributed by atoms with Crippen molar-refractivity contribution in [1.82, 2.24) is 15.5 Å². The van der Waals surface area contributed by atoms with Crippen LogP contribution in [0.5, 0.6) is 0 Å². The van der Waals surface area contributed by atoms with Gasteiger partial charge in [0.15, 0.2) is 0 Å². The van der Waals surface area contributed by atoms with Crippen LogP contribution in [0.2, 0.25) is 0 Å². The van der Waals surface area contributed by atoms with Crippen LogP contribution < -0.4 is 10.6 Å². The molecule has 1 fully saturated rings. The van der Waals surface area contributed by atoms with Gasteiger partial charge in [-0.15, -0.1) is 0 Å². The number of amides is 1. The van der Waals surface area contributed by atoms with Gasteiger partial charge in [-0.2, -0.15) is 0 Å². The molecule has 106 valence electrons. The Bertz CT molecular complexity index is 266. The highest BCUT2D eigenvalue weighted by atomic mass is 16.1. The van der Waals surface area contributed by atoms with Gasteiger partial charge in [-0.05, 0) is 46.2 Å². The van der Waals surface area contributed by atoms with Crippen LogP contribution in [0.4, 0.5) is 0 Å². The van der Waals surface area contributed by atoms with E-state index in [1.165, 1.54) is 25.8 Å². The molecule has 1 aliphatic rings. The fraction of sp³-hybridized carbons (Fsp3) is 0.929. The molecule has 1 heterocycles. The van der Waals surface area contributed by atoms with E-state index in [0.717, 1.165) is 19.0 Å². The van der Waals surface area contributed by atoms with E-state index in [2.05, 4.69) is 36.3 Å². The first-order valence-corrected chi connectivity index (χ1v) is 7.16. The van der Waals surface area contributed by atoms with Crippen molar-refractivity contribution in [3.63, 3.8) is 0 Å². The molecule has 18 heavy (non-hydrogen) atoms. The highest BCUT2D eigenvalue weighted by Crippen LogP contribution is 2.25. The first-order valence-electron chi connectivity index (χ1n) is 7.16. The molecule has 0 aromatic carbocycles. The Balaban J connectivity index is 2.43. The second-order valence-corrected chi connectivity index (χ2v) is 5.98. The lowest BCUT2D eigenvalue weighted by Gasteiger charge is -2.43. The van der Waals surface area contributed by atoms with E-state index in [4.69, 9.17) is 0 Å². The van der Waals surface area contributed by atoms with Gasteiger partial charge < -0.3 is 10.6 Å². The van der Waals surface area contributed by atoms with Gasteiger partial charge in [-0.1, -0.05) is 13.3 Å². The standard InChI is InChI=1S/C14H29N3O/c1-5-12-7-6-8-17(10-12)14(2,3)11-16-13(18)9-15-4/h12,15H,5-11H2,1-4H3,(H,16,18). The summed E-state index contributed by atoms with van der Waals surface area (Å²) in [4.78, 5) is 14.0. The van der Waals surface area contributed by atoms with Crippen LogP contribution >= 0.6 is 0 Å². The van der Waals surface area contributed by atoms with Gasteiger partial charge in [0.1, 0.15) is 0 Å². The lowest BCUT2D eigenvalue weighted by atomic mass is 9.91. The first-order chi connectivity index (χ1) is 8.49. The number of likely N-dealkylation sites (tertiary alicyclic amines) is 1. The maximum Gasteiger partial charge on any atom is 0.234 e. The van der Waals surface area contributed by atoms with E-state index in [-0.39, 0.29) is 11.4 Å². The number of hydrogen-bond acceptors (Lipinski definition) is 3. The zero-order valence-corrected chi connectivity index (χ0v) is 12.4. The Morgan fingerprint density at radius 1 is 1.44 bits per heavy atom. The highest BCUT2D eigenvalue weighted by Gasteiger charge is 2.30. The van der Waals surface area contributed by atoms with Crippen LogP contribution in [0.25, 0.3) is 0 Å². The molecule has 1 aliphatic heterocycles. The Kier molecular flexibility index (Phi) is 6.09. The largest absolute Gasteiger partial charge is 0.353 e. The van der Waals surface area contributed by atoms with E-state index in [0.29, 0.717) is 6.54 Å². The molecule has 0 saturated carbocycles. The van der Waals surface area contributed by atoms with Gasteiger partial charge in [-0.25, -0.2) is 0 Å². The third-order valence-corrected chi connectivity index (χ3v) is 4.01. The van der Waals surface area contributed by atoms with Crippen molar-refractivity contribution < 1.29 is 4.79 Å². The summed E-state index contributed by atoms with van der Waals surface area (Å²) in [7, 11) is 1.79. The highest BCUT2D eigenvalue weighted by molar-refractivity contribution is 5.78.